The number of rotatable bonds is 6. The third kappa shape index (κ3) is 3.89. The van der Waals surface area contributed by atoms with Crippen LogP contribution in [0.25, 0.3) is 0 Å². The summed E-state index contributed by atoms with van der Waals surface area (Å²) in [4.78, 5) is 37.4. The van der Waals surface area contributed by atoms with Gasteiger partial charge in [0.25, 0.3) is 5.91 Å². The van der Waals surface area contributed by atoms with Gasteiger partial charge in [-0.25, -0.2) is 4.98 Å². The average Bonchev–Trinajstić information content (AvgIpc) is 2.36. The fraction of sp³-hybridized carbons (Fsp3) is 0.364. The molecule has 0 spiro atoms. The van der Waals surface area contributed by atoms with Gasteiger partial charge in [0.2, 0.25) is 5.15 Å². The SMILES string of the molecule is CN(CCCC(=O)O)C(=O)c1ccnc(Cl)c1[N+](=O)[O-]. The van der Waals surface area contributed by atoms with E-state index in [1.807, 2.05) is 0 Å². The van der Waals surface area contributed by atoms with E-state index in [-0.39, 0.29) is 30.1 Å². The van der Waals surface area contributed by atoms with E-state index in [1.165, 1.54) is 24.2 Å². The van der Waals surface area contributed by atoms with Crippen LogP contribution >= 0.6 is 11.6 Å². The molecule has 1 amide bonds. The van der Waals surface area contributed by atoms with E-state index in [9.17, 15) is 19.7 Å². The van der Waals surface area contributed by atoms with E-state index in [0.717, 1.165) is 0 Å². The standard InChI is InChI=1S/C11H12ClN3O5/c1-14(6-2-3-8(16)17)11(18)7-4-5-13-10(12)9(7)15(19)20/h4-5H,2-3,6H2,1H3,(H,16,17). The highest BCUT2D eigenvalue weighted by Gasteiger charge is 2.26. The van der Waals surface area contributed by atoms with Gasteiger partial charge in [-0.05, 0) is 12.5 Å². The maximum atomic E-state index is 12.1. The second kappa shape index (κ2) is 6.80. The summed E-state index contributed by atoms with van der Waals surface area (Å²) in [5, 5.41) is 19.1. The number of carbonyl (C=O) groups excluding carboxylic acids is 1. The van der Waals surface area contributed by atoms with Crippen molar-refractivity contribution in [2.45, 2.75) is 12.8 Å². The van der Waals surface area contributed by atoms with E-state index >= 15 is 0 Å². The van der Waals surface area contributed by atoms with Crippen LogP contribution < -0.4 is 0 Å². The Morgan fingerprint density at radius 1 is 1.55 bits per heavy atom. The Kier molecular flexibility index (Phi) is 5.39. The Morgan fingerprint density at radius 3 is 2.75 bits per heavy atom. The Morgan fingerprint density at radius 2 is 2.20 bits per heavy atom. The smallest absolute Gasteiger partial charge is 0.319 e. The van der Waals surface area contributed by atoms with Crippen molar-refractivity contribution in [3.63, 3.8) is 0 Å². The molecule has 0 unspecified atom stereocenters. The predicted molar refractivity (Wildman–Crippen MR) is 69.7 cm³/mol. The van der Waals surface area contributed by atoms with Crippen LogP contribution in [-0.2, 0) is 4.79 Å². The minimum Gasteiger partial charge on any atom is -0.481 e. The Hall–Kier alpha value is -2.22. The number of carboxylic acids is 1. The lowest BCUT2D eigenvalue weighted by atomic mass is 10.2. The molecule has 1 N–H and O–H groups in total. The summed E-state index contributed by atoms with van der Waals surface area (Å²) < 4.78 is 0. The molecule has 0 saturated carbocycles. The highest BCUT2D eigenvalue weighted by Crippen LogP contribution is 2.26. The summed E-state index contributed by atoms with van der Waals surface area (Å²) in [5.74, 6) is -1.57. The van der Waals surface area contributed by atoms with Crippen molar-refractivity contribution in [2.24, 2.45) is 0 Å². The van der Waals surface area contributed by atoms with E-state index in [2.05, 4.69) is 4.98 Å². The van der Waals surface area contributed by atoms with Gasteiger partial charge in [-0.2, -0.15) is 0 Å². The topological polar surface area (TPSA) is 114 Å². The molecule has 0 saturated heterocycles. The normalized spacial score (nSPS) is 10.1. The number of aliphatic carboxylic acids is 1. The zero-order valence-electron chi connectivity index (χ0n) is 10.6. The minimum atomic E-state index is -0.969. The summed E-state index contributed by atoms with van der Waals surface area (Å²) in [6.07, 6.45) is 1.37. The van der Waals surface area contributed by atoms with Crippen LogP contribution in [0, 0.1) is 10.1 Å². The molecular formula is C11H12ClN3O5. The quantitative estimate of drug-likeness (QED) is 0.485. The molecule has 1 aromatic rings. The number of carbonyl (C=O) groups is 2. The second-order valence-corrected chi connectivity index (χ2v) is 4.34. The van der Waals surface area contributed by atoms with Gasteiger partial charge < -0.3 is 10.0 Å². The molecule has 0 aliphatic carbocycles. The fourth-order valence-corrected chi connectivity index (χ4v) is 1.78. The predicted octanol–water partition coefficient (Wildman–Crippen LogP) is 1.58. The first-order chi connectivity index (χ1) is 9.34. The van der Waals surface area contributed by atoms with Gasteiger partial charge in [-0.3, -0.25) is 19.7 Å². The Balaban J connectivity index is 2.89. The van der Waals surface area contributed by atoms with Crippen LogP contribution in [-0.4, -0.2) is 45.4 Å². The number of aromatic nitrogens is 1. The van der Waals surface area contributed by atoms with Crippen molar-refractivity contribution in [1.82, 2.24) is 9.88 Å². The van der Waals surface area contributed by atoms with Gasteiger partial charge in [-0.15, -0.1) is 0 Å². The van der Waals surface area contributed by atoms with Crippen LogP contribution in [0.5, 0.6) is 0 Å². The molecule has 8 nitrogen and oxygen atoms in total. The van der Waals surface area contributed by atoms with Gasteiger partial charge in [0, 0.05) is 26.2 Å². The summed E-state index contributed by atoms with van der Waals surface area (Å²) in [5.41, 5.74) is -0.725. The van der Waals surface area contributed by atoms with Crippen LogP contribution in [0.15, 0.2) is 12.3 Å². The van der Waals surface area contributed by atoms with Crippen molar-refractivity contribution >= 4 is 29.2 Å². The molecular weight excluding hydrogens is 290 g/mol. The van der Waals surface area contributed by atoms with Crippen molar-refractivity contribution < 1.29 is 19.6 Å². The second-order valence-electron chi connectivity index (χ2n) is 3.98. The van der Waals surface area contributed by atoms with Gasteiger partial charge >= 0.3 is 11.7 Å². The summed E-state index contributed by atoms with van der Waals surface area (Å²) in [6, 6.07) is 1.21. The highest BCUT2D eigenvalue weighted by atomic mass is 35.5. The molecule has 108 valence electrons. The molecule has 0 atom stereocenters. The Labute approximate surface area is 119 Å². The molecule has 0 aliphatic rings. The molecule has 0 bridgehead atoms. The third-order valence-electron chi connectivity index (χ3n) is 2.52. The first kappa shape index (κ1) is 15.8. The molecule has 9 heteroatoms. The van der Waals surface area contributed by atoms with Crippen molar-refractivity contribution in [1.29, 1.82) is 0 Å². The molecule has 1 rings (SSSR count). The summed E-state index contributed by atoms with van der Waals surface area (Å²) in [6.45, 7) is 0.169. The number of hydrogen-bond acceptors (Lipinski definition) is 5. The van der Waals surface area contributed by atoms with Gasteiger partial charge in [-0.1, -0.05) is 11.6 Å². The largest absolute Gasteiger partial charge is 0.481 e. The minimum absolute atomic E-state index is 0.0865. The Bertz CT molecular complexity index is 549. The zero-order chi connectivity index (χ0) is 15.3. The average molecular weight is 302 g/mol. The molecule has 20 heavy (non-hydrogen) atoms. The first-order valence-electron chi connectivity index (χ1n) is 5.60. The maximum absolute atomic E-state index is 12.1. The first-order valence-corrected chi connectivity index (χ1v) is 5.98. The van der Waals surface area contributed by atoms with Gasteiger partial charge in [0.05, 0.1) is 4.92 Å². The maximum Gasteiger partial charge on any atom is 0.319 e. The summed E-state index contributed by atoms with van der Waals surface area (Å²) in [7, 11) is 1.43. The van der Waals surface area contributed by atoms with E-state index < -0.39 is 22.5 Å². The molecule has 0 fully saturated rings. The number of pyridine rings is 1. The van der Waals surface area contributed by atoms with Gasteiger partial charge in [0.1, 0.15) is 5.56 Å². The molecule has 0 aromatic carbocycles. The van der Waals surface area contributed by atoms with Crippen LogP contribution in [0.1, 0.15) is 23.2 Å². The van der Waals surface area contributed by atoms with E-state index in [1.54, 1.807) is 0 Å². The lowest BCUT2D eigenvalue weighted by Crippen LogP contribution is -2.28. The van der Waals surface area contributed by atoms with Crippen molar-refractivity contribution in [3.8, 4) is 0 Å². The van der Waals surface area contributed by atoms with Crippen molar-refractivity contribution in [3.05, 3.63) is 33.1 Å². The number of nitrogens with zero attached hydrogens (tertiary/aromatic N) is 3. The fourth-order valence-electron chi connectivity index (χ4n) is 1.55. The monoisotopic (exact) mass is 301 g/mol. The lowest BCUT2D eigenvalue weighted by molar-refractivity contribution is -0.385. The zero-order valence-corrected chi connectivity index (χ0v) is 11.3. The molecule has 1 aromatic heterocycles. The van der Waals surface area contributed by atoms with E-state index in [4.69, 9.17) is 16.7 Å². The molecule has 0 aliphatic heterocycles. The van der Waals surface area contributed by atoms with Crippen LogP contribution in [0.3, 0.4) is 0 Å². The van der Waals surface area contributed by atoms with Gasteiger partial charge in [0.15, 0.2) is 0 Å². The van der Waals surface area contributed by atoms with Crippen LogP contribution in [0.2, 0.25) is 5.15 Å². The van der Waals surface area contributed by atoms with E-state index in [0.29, 0.717) is 0 Å². The highest BCUT2D eigenvalue weighted by molar-refractivity contribution is 6.32. The number of amides is 1. The summed E-state index contributed by atoms with van der Waals surface area (Å²) >= 11 is 5.62. The third-order valence-corrected chi connectivity index (χ3v) is 2.80. The van der Waals surface area contributed by atoms with Crippen LogP contribution in [0.4, 0.5) is 5.69 Å². The lowest BCUT2D eigenvalue weighted by Gasteiger charge is -2.16. The number of halogens is 1. The number of hydrogen-bond donors (Lipinski definition) is 1. The van der Waals surface area contributed by atoms with Crippen molar-refractivity contribution in [2.75, 3.05) is 13.6 Å². The number of nitro groups is 1. The number of carboxylic acid groups (broad SMARTS) is 1. The molecule has 0 radical (unpaired) electrons. The molecule has 1 heterocycles.